The van der Waals surface area contributed by atoms with E-state index in [0.717, 1.165) is 53.7 Å². The number of carbonyl (C=O) groups is 1. The number of ether oxygens (including phenoxy) is 1. The predicted octanol–water partition coefficient (Wildman–Crippen LogP) is 7.45. The standard InChI is InChI=1S/C32H42N2O3Si/c1-32(2,3)38(5,6)37-23-27-22-34(31(35)26-11-8-7-9-12-26)20-18-24(27)13-10-14-25-17-19-33-30-16-15-28(36-4)21-29(25)30/h7-12,14-17,19,21,24,27H,13,18,20,22-23H2,1-6H3/b14-10+/t24-,27-/m1/s1. The summed E-state index contributed by atoms with van der Waals surface area (Å²) in [6.07, 6.45) is 8.27. The molecule has 1 aromatic heterocycles. The van der Waals surface area contributed by atoms with Crippen molar-refractivity contribution in [3.05, 3.63) is 78.0 Å². The maximum atomic E-state index is 13.3. The fourth-order valence-electron chi connectivity index (χ4n) is 4.85. The maximum absolute atomic E-state index is 13.3. The van der Waals surface area contributed by atoms with Crippen molar-refractivity contribution in [3.8, 4) is 5.75 Å². The lowest BCUT2D eigenvalue weighted by atomic mass is 9.83. The van der Waals surface area contributed by atoms with Crippen molar-refractivity contribution in [2.24, 2.45) is 11.8 Å². The second-order valence-electron chi connectivity index (χ2n) is 11.9. The molecular formula is C32H42N2O3Si. The van der Waals surface area contributed by atoms with Crippen molar-refractivity contribution < 1.29 is 14.0 Å². The van der Waals surface area contributed by atoms with Crippen LogP contribution < -0.4 is 4.74 Å². The first-order valence-corrected chi connectivity index (χ1v) is 16.6. The van der Waals surface area contributed by atoms with Crippen LogP contribution in [0.15, 0.2) is 66.9 Å². The molecule has 5 nitrogen and oxygen atoms in total. The summed E-state index contributed by atoms with van der Waals surface area (Å²) in [6.45, 7) is 13.6. The number of piperidine rings is 1. The highest BCUT2D eigenvalue weighted by molar-refractivity contribution is 6.74. The zero-order chi connectivity index (χ0) is 27.3. The molecule has 1 aliphatic heterocycles. The Morgan fingerprint density at radius 1 is 1.11 bits per heavy atom. The molecule has 1 saturated heterocycles. The van der Waals surface area contributed by atoms with E-state index in [1.54, 1.807) is 7.11 Å². The SMILES string of the molecule is COc1ccc2nccc(/C=C/C[C@@H]3CCN(C(=O)c4ccccc4)C[C@@H]3CO[Si](C)(C)C(C)(C)C)c2c1. The van der Waals surface area contributed by atoms with Gasteiger partial charge in [0.2, 0.25) is 0 Å². The average Bonchev–Trinajstić information content (AvgIpc) is 2.91. The van der Waals surface area contributed by atoms with Crippen LogP contribution in [-0.2, 0) is 4.43 Å². The number of nitrogens with zero attached hydrogens (tertiary/aromatic N) is 2. The molecule has 0 N–H and O–H groups in total. The van der Waals surface area contributed by atoms with E-state index in [4.69, 9.17) is 9.16 Å². The molecule has 0 saturated carbocycles. The lowest BCUT2D eigenvalue weighted by Gasteiger charge is -2.42. The highest BCUT2D eigenvalue weighted by Crippen LogP contribution is 2.38. The topological polar surface area (TPSA) is 51.7 Å². The maximum Gasteiger partial charge on any atom is 0.253 e. The summed E-state index contributed by atoms with van der Waals surface area (Å²) in [6, 6.07) is 17.7. The third-order valence-electron chi connectivity index (χ3n) is 8.38. The number of rotatable bonds is 8. The molecule has 0 spiro atoms. The van der Waals surface area contributed by atoms with Gasteiger partial charge in [-0.1, -0.05) is 51.1 Å². The van der Waals surface area contributed by atoms with Gasteiger partial charge in [-0.2, -0.15) is 0 Å². The first-order valence-electron chi connectivity index (χ1n) is 13.7. The van der Waals surface area contributed by atoms with E-state index in [-0.39, 0.29) is 10.9 Å². The molecular weight excluding hydrogens is 488 g/mol. The molecule has 2 atom stereocenters. The first-order chi connectivity index (χ1) is 18.1. The average molecular weight is 531 g/mol. The van der Waals surface area contributed by atoms with Crippen LogP contribution in [0.5, 0.6) is 5.75 Å². The van der Waals surface area contributed by atoms with Gasteiger partial charge in [-0.25, -0.2) is 0 Å². The number of hydrogen-bond donors (Lipinski definition) is 0. The summed E-state index contributed by atoms with van der Waals surface area (Å²) in [5, 5.41) is 1.24. The molecule has 2 heterocycles. The normalized spacial score (nSPS) is 18.7. The lowest BCUT2D eigenvalue weighted by Crippen LogP contribution is -2.48. The summed E-state index contributed by atoms with van der Waals surface area (Å²) in [5.74, 6) is 1.70. The van der Waals surface area contributed by atoms with Gasteiger partial charge in [-0.3, -0.25) is 9.78 Å². The Hall–Kier alpha value is -2.96. The minimum Gasteiger partial charge on any atom is -0.497 e. The molecule has 38 heavy (non-hydrogen) atoms. The quantitative estimate of drug-likeness (QED) is 0.284. The molecule has 1 amide bonds. The van der Waals surface area contributed by atoms with Crippen molar-refractivity contribution in [2.45, 2.75) is 51.7 Å². The molecule has 0 unspecified atom stereocenters. The summed E-state index contributed by atoms with van der Waals surface area (Å²) in [7, 11) is -0.207. The number of pyridine rings is 1. The van der Waals surface area contributed by atoms with Gasteiger partial charge in [0.05, 0.1) is 12.6 Å². The number of hydrogen-bond acceptors (Lipinski definition) is 4. The van der Waals surface area contributed by atoms with E-state index >= 15 is 0 Å². The lowest BCUT2D eigenvalue weighted by molar-refractivity contribution is 0.0499. The monoisotopic (exact) mass is 530 g/mol. The van der Waals surface area contributed by atoms with E-state index in [9.17, 15) is 4.79 Å². The Kier molecular flexibility index (Phi) is 8.73. The predicted molar refractivity (Wildman–Crippen MR) is 159 cm³/mol. The van der Waals surface area contributed by atoms with E-state index in [0.29, 0.717) is 18.4 Å². The van der Waals surface area contributed by atoms with E-state index in [1.807, 2.05) is 59.6 Å². The molecule has 0 bridgehead atoms. The van der Waals surface area contributed by atoms with E-state index in [1.165, 1.54) is 0 Å². The van der Waals surface area contributed by atoms with Crippen LogP contribution in [0.2, 0.25) is 18.1 Å². The van der Waals surface area contributed by atoms with Crippen LogP contribution in [0, 0.1) is 11.8 Å². The molecule has 6 heteroatoms. The van der Waals surface area contributed by atoms with Gasteiger partial charge >= 0.3 is 0 Å². The number of benzene rings is 2. The third kappa shape index (κ3) is 6.53. The minimum atomic E-state index is -1.90. The third-order valence-corrected chi connectivity index (χ3v) is 12.9. The molecule has 4 rings (SSSR count). The number of methoxy groups -OCH3 is 1. The number of aromatic nitrogens is 1. The number of allylic oxidation sites excluding steroid dienone is 1. The fraction of sp³-hybridized carbons (Fsp3) is 0.438. The summed E-state index contributed by atoms with van der Waals surface area (Å²) < 4.78 is 12.1. The van der Waals surface area contributed by atoms with Crippen LogP contribution in [0.4, 0.5) is 0 Å². The number of carbonyl (C=O) groups excluding carboxylic acids is 1. The van der Waals surface area contributed by atoms with Gasteiger partial charge in [0, 0.05) is 42.8 Å². The first kappa shape index (κ1) is 28.1. The largest absolute Gasteiger partial charge is 0.497 e. The highest BCUT2D eigenvalue weighted by atomic mass is 28.4. The molecule has 0 aliphatic carbocycles. The fourth-order valence-corrected chi connectivity index (χ4v) is 5.91. The molecule has 2 aromatic carbocycles. The highest BCUT2D eigenvalue weighted by Gasteiger charge is 2.39. The molecule has 0 radical (unpaired) electrons. The van der Waals surface area contributed by atoms with Crippen LogP contribution in [0.1, 0.15) is 49.5 Å². The van der Waals surface area contributed by atoms with Crippen molar-refractivity contribution in [1.82, 2.24) is 9.88 Å². The van der Waals surface area contributed by atoms with Crippen LogP contribution in [-0.4, -0.2) is 50.9 Å². The summed E-state index contributed by atoms with van der Waals surface area (Å²) in [4.78, 5) is 19.8. The van der Waals surface area contributed by atoms with Gasteiger partial charge in [0.1, 0.15) is 5.75 Å². The van der Waals surface area contributed by atoms with Gasteiger partial charge in [0.15, 0.2) is 8.32 Å². The van der Waals surface area contributed by atoms with Gasteiger partial charge < -0.3 is 14.1 Å². The van der Waals surface area contributed by atoms with Crippen LogP contribution in [0.25, 0.3) is 17.0 Å². The number of likely N-dealkylation sites (tertiary alicyclic amines) is 1. The van der Waals surface area contributed by atoms with Crippen molar-refractivity contribution >= 4 is 31.2 Å². The van der Waals surface area contributed by atoms with Crippen molar-refractivity contribution in [2.75, 3.05) is 26.8 Å². The van der Waals surface area contributed by atoms with Crippen LogP contribution >= 0.6 is 0 Å². The van der Waals surface area contributed by atoms with Gasteiger partial charge in [-0.15, -0.1) is 0 Å². The van der Waals surface area contributed by atoms with Crippen LogP contribution in [0.3, 0.4) is 0 Å². The van der Waals surface area contributed by atoms with Crippen molar-refractivity contribution in [3.63, 3.8) is 0 Å². The van der Waals surface area contributed by atoms with E-state index in [2.05, 4.69) is 57.1 Å². The summed E-state index contributed by atoms with van der Waals surface area (Å²) in [5.41, 5.74) is 2.86. The Labute approximate surface area is 229 Å². The van der Waals surface area contributed by atoms with E-state index < -0.39 is 8.32 Å². The Bertz CT molecular complexity index is 1270. The molecule has 1 fully saturated rings. The molecule has 1 aliphatic rings. The second kappa shape index (κ2) is 11.8. The number of fused-ring (bicyclic) bond motifs is 1. The van der Waals surface area contributed by atoms with Gasteiger partial charge in [-0.05, 0) is 78.9 Å². The summed E-state index contributed by atoms with van der Waals surface area (Å²) >= 11 is 0. The Morgan fingerprint density at radius 2 is 1.87 bits per heavy atom. The minimum absolute atomic E-state index is 0.120. The Balaban J connectivity index is 1.51. The van der Waals surface area contributed by atoms with Crippen molar-refractivity contribution in [1.29, 1.82) is 0 Å². The molecule has 202 valence electrons. The zero-order valence-corrected chi connectivity index (χ0v) is 24.7. The van der Waals surface area contributed by atoms with Gasteiger partial charge in [0.25, 0.3) is 5.91 Å². The Morgan fingerprint density at radius 3 is 2.58 bits per heavy atom. The zero-order valence-electron chi connectivity index (χ0n) is 23.7. The second-order valence-corrected chi connectivity index (χ2v) is 16.7. The smallest absolute Gasteiger partial charge is 0.253 e. The number of amides is 1. The molecule has 3 aromatic rings.